The molecule has 2 rings (SSSR count). The number of halogens is 2. The van der Waals surface area contributed by atoms with E-state index in [9.17, 15) is 8.42 Å². The van der Waals surface area contributed by atoms with Gasteiger partial charge in [0.05, 0.1) is 5.69 Å². The minimum Gasteiger partial charge on any atom is -0.270 e. The van der Waals surface area contributed by atoms with Gasteiger partial charge >= 0.3 is 10.2 Å². The second kappa shape index (κ2) is 5.14. The second-order valence-corrected chi connectivity index (χ2v) is 6.80. The van der Waals surface area contributed by atoms with Gasteiger partial charge in [0.25, 0.3) is 0 Å². The molecule has 0 spiro atoms. The smallest absolute Gasteiger partial charge is 0.270 e. The third kappa shape index (κ3) is 3.13. The highest BCUT2D eigenvalue weighted by Gasteiger charge is 2.25. The van der Waals surface area contributed by atoms with Crippen molar-refractivity contribution < 1.29 is 8.42 Å². The zero-order valence-electron chi connectivity index (χ0n) is 8.99. The predicted molar refractivity (Wildman–Crippen MR) is 72.5 cm³/mol. The highest BCUT2D eigenvalue weighted by atomic mass is 79.9. The van der Waals surface area contributed by atoms with E-state index in [1.807, 2.05) is 0 Å². The van der Waals surface area contributed by atoms with Crippen LogP contribution in [0.2, 0.25) is 5.02 Å². The summed E-state index contributed by atoms with van der Waals surface area (Å²) in [5, 5.41) is 0.493. The van der Waals surface area contributed by atoms with Crippen LogP contribution < -0.4 is 4.72 Å². The molecule has 1 fully saturated rings. The van der Waals surface area contributed by atoms with Crippen LogP contribution in [0.4, 0.5) is 5.69 Å². The molecule has 0 unspecified atom stereocenters. The van der Waals surface area contributed by atoms with Gasteiger partial charge in [-0.3, -0.25) is 4.72 Å². The fourth-order valence-corrected chi connectivity index (χ4v) is 3.67. The van der Waals surface area contributed by atoms with Crippen LogP contribution in [-0.2, 0) is 10.2 Å². The molecular formula is C10H12BrClN2O2S. The van der Waals surface area contributed by atoms with E-state index < -0.39 is 10.2 Å². The van der Waals surface area contributed by atoms with Crippen LogP contribution in [0.15, 0.2) is 22.7 Å². The molecular weight excluding hydrogens is 328 g/mol. The molecule has 0 amide bonds. The molecule has 1 N–H and O–H groups in total. The van der Waals surface area contributed by atoms with E-state index in [4.69, 9.17) is 11.6 Å². The lowest BCUT2D eigenvalue weighted by Gasteiger charge is -2.17. The lowest BCUT2D eigenvalue weighted by Crippen LogP contribution is -2.33. The number of anilines is 1. The quantitative estimate of drug-likeness (QED) is 0.920. The van der Waals surface area contributed by atoms with Gasteiger partial charge in [0, 0.05) is 22.6 Å². The normalized spacial score (nSPS) is 17.3. The summed E-state index contributed by atoms with van der Waals surface area (Å²) in [5.74, 6) is 0. The van der Waals surface area contributed by atoms with Gasteiger partial charge < -0.3 is 0 Å². The number of nitrogens with zero attached hydrogens (tertiary/aromatic N) is 1. The topological polar surface area (TPSA) is 49.4 Å². The first kappa shape index (κ1) is 13.1. The number of benzene rings is 1. The van der Waals surface area contributed by atoms with Gasteiger partial charge in [-0.05, 0) is 47.0 Å². The van der Waals surface area contributed by atoms with Crippen molar-refractivity contribution in [1.29, 1.82) is 0 Å². The van der Waals surface area contributed by atoms with E-state index in [1.165, 1.54) is 4.31 Å². The third-order valence-electron chi connectivity index (χ3n) is 2.57. The number of hydrogen-bond donors (Lipinski definition) is 1. The molecule has 0 atom stereocenters. The Morgan fingerprint density at radius 3 is 2.59 bits per heavy atom. The molecule has 7 heteroatoms. The van der Waals surface area contributed by atoms with Crippen LogP contribution in [0.3, 0.4) is 0 Å². The molecule has 0 saturated carbocycles. The zero-order chi connectivity index (χ0) is 12.5. The van der Waals surface area contributed by atoms with Gasteiger partial charge in [0.1, 0.15) is 0 Å². The van der Waals surface area contributed by atoms with Crippen molar-refractivity contribution in [2.75, 3.05) is 17.8 Å². The molecule has 1 heterocycles. The number of nitrogens with one attached hydrogen (secondary N) is 1. The van der Waals surface area contributed by atoms with E-state index >= 15 is 0 Å². The molecule has 0 radical (unpaired) electrons. The molecule has 17 heavy (non-hydrogen) atoms. The van der Waals surface area contributed by atoms with Gasteiger partial charge in [-0.25, -0.2) is 0 Å². The van der Waals surface area contributed by atoms with E-state index in [0.717, 1.165) is 12.8 Å². The van der Waals surface area contributed by atoms with E-state index in [2.05, 4.69) is 20.7 Å². The number of rotatable bonds is 3. The largest absolute Gasteiger partial charge is 0.301 e. The van der Waals surface area contributed by atoms with E-state index in [-0.39, 0.29) is 0 Å². The van der Waals surface area contributed by atoms with E-state index in [1.54, 1.807) is 18.2 Å². The Bertz CT molecular complexity index is 515. The summed E-state index contributed by atoms with van der Waals surface area (Å²) in [6, 6.07) is 4.99. The van der Waals surface area contributed by atoms with Crippen molar-refractivity contribution >= 4 is 43.4 Å². The Balaban J connectivity index is 2.22. The Kier molecular flexibility index (Phi) is 3.97. The Hall–Kier alpha value is -0.300. The first-order valence-corrected chi connectivity index (χ1v) is 7.83. The molecule has 1 aliphatic rings. The fourth-order valence-electron chi connectivity index (χ4n) is 1.71. The third-order valence-corrected chi connectivity index (χ3v) is 5.02. The van der Waals surface area contributed by atoms with E-state index in [0.29, 0.717) is 28.3 Å². The fraction of sp³-hybridized carbons (Fsp3) is 0.400. The highest BCUT2D eigenvalue weighted by molar-refractivity contribution is 9.10. The summed E-state index contributed by atoms with van der Waals surface area (Å²) in [6.45, 7) is 1.15. The summed E-state index contributed by atoms with van der Waals surface area (Å²) < 4.78 is 28.7. The first-order chi connectivity index (χ1) is 7.99. The van der Waals surface area contributed by atoms with Crippen molar-refractivity contribution in [3.63, 3.8) is 0 Å². The minimum absolute atomic E-state index is 0.462. The minimum atomic E-state index is -3.46. The average Bonchev–Trinajstić information content (AvgIpc) is 2.77. The van der Waals surface area contributed by atoms with Crippen LogP contribution in [0.5, 0.6) is 0 Å². The summed E-state index contributed by atoms with van der Waals surface area (Å²) >= 11 is 9.12. The molecule has 0 aromatic heterocycles. The molecule has 1 aromatic rings. The SMILES string of the molecule is O=S(=O)(Nc1cc(Cl)ccc1Br)N1CCCC1. The maximum atomic E-state index is 12.0. The van der Waals surface area contributed by atoms with Crippen LogP contribution in [-0.4, -0.2) is 25.8 Å². The van der Waals surface area contributed by atoms with Crippen LogP contribution in [0.25, 0.3) is 0 Å². The Morgan fingerprint density at radius 1 is 1.29 bits per heavy atom. The van der Waals surface area contributed by atoms with Gasteiger partial charge in [-0.15, -0.1) is 0 Å². The molecule has 1 aliphatic heterocycles. The lowest BCUT2D eigenvalue weighted by molar-refractivity contribution is 0.482. The van der Waals surface area contributed by atoms with Crippen molar-refractivity contribution in [1.82, 2.24) is 4.31 Å². The highest BCUT2D eigenvalue weighted by Crippen LogP contribution is 2.27. The lowest BCUT2D eigenvalue weighted by atomic mass is 10.3. The van der Waals surface area contributed by atoms with Gasteiger partial charge in [-0.2, -0.15) is 12.7 Å². The second-order valence-electron chi connectivity index (χ2n) is 3.84. The summed E-state index contributed by atoms with van der Waals surface area (Å²) in [4.78, 5) is 0. The maximum absolute atomic E-state index is 12.0. The number of hydrogen-bond acceptors (Lipinski definition) is 2. The van der Waals surface area contributed by atoms with Crippen LogP contribution in [0, 0.1) is 0 Å². The van der Waals surface area contributed by atoms with Crippen LogP contribution in [0.1, 0.15) is 12.8 Å². The zero-order valence-corrected chi connectivity index (χ0v) is 12.1. The summed E-state index contributed by atoms with van der Waals surface area (Å²) in [5.41, 5.74) is 0.462. The van der Waals surface area contributed by atoms with Crippen molar-refractivity contribution in [2.45, 2.75) is 12.8 Å². The molecule has 94 valence electrons. The molecule has 0 aliphatic carbocycles. The molecule has 0 bridgehead atoms. The molecule has 4 nitrogen and oxygen atoms in total. The Morgan fingerprint density at radius 2 is 1.94 bits per heavy atom. The monoisotopic (exact) mass is 338 g/mol. The van der Waals surface area contributed by atoms with Gasteiger partial charge in [-0.1, -0.05) is 11.6 Å². The maximum Gasteiger partial charge on any atom is 0.301 e. The van der Waals surface area contributed by atoms with Crippen molar-refractivity contribution in [3.8, 4) is 0 Å². The van der Waals surface area contributed by atoms with Crippen molar-refractivity contribution in [3.05, 3.63) is 27.7 Å². The average molecular weight is 340 g/mol. The summed E-state index contributed by atoms with van der Waals surface area (Å²) in [6.07, 6.45) is 1.83. The Labute approximate surface area is 114 Å². The molecule has 1 saturated heterocycles. The van der Waals surface area contributed by atoms with Crippen molar-refractivity contribution in [2.24, 2.45) is 0 Å². The molecule has 1 aromatic carbocycles. The standard InChI is InChI=1S/C10H12BrClN2O2S/c11-9-4-3-8(12)7-10(9)13-17(15,16)14-5-1-2-6-14/h3-4,7,13H,1-2,5-6H2. The summed E-state index contributed by atoms with van der Waals surface area (Å²) in [7, 11) is -3.46. The van der Waals surface area contributed by atoms with Gasteiger partial charge in [0.2, 0.25) is 0 Å². The van der Waals surface area contributed by atoms with Crippen LogP contribution >= 0.6 is 27.5 Å². The predicted octanol–water partition coefficient (Wildman–Crippen LogP) is 2.86. The first-order valence-electron chi connectivity index (χ1n) is 5.22. The van der Waals surface area contributed by atoms with Gasteiger partial charge in [0.15, 0.2) is 0 Å².